The van der Waals surface area contributed by atoms with Crippen LogP contribution >= 0.6 is 11.3 Å². The first-order chi connectivity index (χ1) is 14.0. The SMILES string of the molecule is CCc1sc(C(=O)OCNC(C)=O)c(-c2ccc(-c3ccccc3)cc2)c1C#N. The molecule has 0 atom stereocenters. The second-order valence-electron chi connectivity index (χ2n) is 6.32. The molecule has 3 rings (SSSR count). The van der Waals surface area contributed by atoms with E-state index in [4.69, 9.17) is 4.74 Å². The number of nitrogens with one attached hydrogen (secondary N) is 1. The Morgan fingerprint density at radius 3 is 2.24 bits per heavy atom. The highest BCUT2D eigenvalue weighted by Gasteiger charge is 2.24. The van der Waals surface area contributed by atoms with Crippen LogP contribution in [0.4, 0.5) is 0 Å². The fraction of sp³-hybridized carbons (Fsp3) is 0.174. The van der Waals surface area contributed by atoms with Crippen molar-refractivity contribution >= 4 is 23.2 Å². The summed E-state index contributed by atoms with van der Waals surface area (Å²) in [6.07, 6.45) is 0.641. The molecule has 2 aromatic carbocycles. The highest BCUT2D eigenvalue weighted by Crippen LogP contribution is 2.38. The summed E-state index contributed by atoms with van der Waals surface area (Å²) in [7, 11) is 0. The Morgan fingerprint density at radius 2 is 1.66 bits per heavy atom. The van der Waals surface area contributed by atoms with Gasteiger partial charge in [-0.2, -0.15) is 5.26 Å². The zero-order valence-electron chi connectivity index (χ0n) is 16.2. The molecule has 1 aromatic heterocycles. The molecular weight excluding hydrogens is 384 g/mol. The van der Waals surface area contributed by atoms with Gasteiger partial charge in [-0.3, -0.25) is 4.79 Å². The van der Waals surface area contributed by atoms with Gasteiger partial charge in [-0.05, 0) is 23.1 Å². The van der Waals surface area contributed by atoms with E-state index in [9.17, 15) is 14.9 Å². The van der Waals surface area contributed by atoms with Gasteiger partial charge in [-0.15, -0.1) is 11.3 Å². The number of nitrogens with zero attached hydrogens (tertiary/aromatic N) is 1. The lowest BCUT2D eigenvalue weighted by Crippen LogP contribution is -2.25. The van der Waals surface area contributed by atoms with Crippen LogP contribution in [0.5, 0.6) is 0 Å². The van der Waals surface area contributed by atoms with Gasteiger partial charge >= 0.3 is 5.97 Å². The third-order valence-electron chi connectivity index (χ3n) is 4.40. The number of esters is 1. The van der Waals surface area contributed by atoms with Crippen LogP contribution in [0, 0.1) is 11.3 Å². The first-order valence-electron chi connectivity index (χ1n) is 9.18. The van der Waals surface area contributed by atoms with Gasteiger partial charge in [0.05, 0.1) is 5.56 Å². The van der Waals surface area contributed by atoms with E-state index >= 15 is 0 Å². The van der Waals surface area contributed by atoms with Crippen molar-refractivity contribution in [3.63, 3.8) is 0 Å². The molecule has 0 aliphatic heterocycles. The normalized spacial score (nSPS) is 10.2. The van der Waals surface area contributed by atoms with Crippen molar-refractivity contribution in [2.75, 3.05) is 6.73 Å². The summed E-state index contributed by atoms with van der Waals surface area (Å²) in [6.45, 7) is 3.09. The van der Waals surface area contributed by atoms with Gasteiger partial charge in [0.1, 0.15) is 10.9 Å². The summed E-state index contributed by atoms with van der Waals surface area (Å²) in [5, 5.41) is 12.2. The summed E-state index contributed by atoms with van der Waals surface area (Å²) < 4.78 is 5.18. The Labute approximate surface area is 173 Å². The Morgan fingerprint density at radius 1 is 1.03 bits per heavy atom. The number of rotatable bonds is 6. The van der Waals surface area contributed by atoms with Crippen LogP contribution in [0.15, 0.2) is 54.6 Å². The summed E-state index contributed by atoms with van der Waals surface area (Å²) in [5.74, 6) is -0.838. The maximum atomic E-state index is 12.6. The van der Waals surface area contributed by atoms with Crippen molar-refractivity contribution in [1.29, 1.82) is 5.26 Å². The van der Waals surface area contributed by atoms with Gasteiger partial charge in [-0.1, -0.05) is 61.5 Å². The monoisotopic (exact) mass is 404 g/mol. The van der Waals surface area contributed by atoms with E-state index in [-0.39, 0.29) is 12.6 Å². The number of ether oxygens (including phenoxy) is 1. The Bertz CT molecular complexity index is 1060. The molecule has 0 saturated carbocycles. The number of thiophene rings is 1. The predicted octanol–water partition coefficient (Wildman–Crippen LogP) is 4.77. The third kappa shape index (κ3) is 4.53. The van der Waals surface area contributed by atoms with E-state index in [1.807, 2.05) is 61.5 Å². The second kappa shape index (κ2) is 9.18. The fourth-order valence-corrected chi connectivity index (χ4v) is 4.10. The molecule has 1 amide bonds. The highest BCUT2D eigenvalue weighted by molar-refractivity contribution is 7.14. The molecule has 3 aromatic rings. The number of amides is 1. The average Bonchev–Trinajstić information content (AvgIpc) is 3.13. The summed E-state index contributed by atoms with van der Waals surface area (Å²) >= 11 is 1.26. The molecule has 0 radical (unpaired) electrons. The van der Waals surface area contributed by atoms with Gasteiger partial charge in [0.2, 0.25) is 5.91 Å². The zero-order valence-corrected chi connectivity index (χ0v) is 17.0. The molecule has 0 spiro atoms. The molecule has 0 fully saturated rings. The van der Waals surface area contributed by atoms with E-state index in [2.05, 4.69) is 11.4 Å². The quantitative estimate of drug-likeness (QED) is 0.474. The number of benzene rings is 2. The van der Waals surface area contributed by atoms with Crippen molar-refractivity contribution in [3.8, 4) is 28.3 Å². The smallest absolute Gasteiger partial charge is 0.350 e. The molecule has 5 nitrogen and oxygen atoms in total. The van der Waals surface area contributed by atoms with Crippen molar-refractivity contribution < 1.29 is 14.3 Å². The van der Waals surface area contributed by atoms with E-state index in [1.165, 1.54) is 18.3 Å². The van der Waals surface area contributed by atoms with Gasteiger partial charge in [0, 0.05) is 17.4 Å². The molecule has 0 aliphatic carbocycles. The largest absolute Gasteiger partial charge is 0.440 e. The molecule has 6 heteroatoms. The van der Waals surface area contributed by atoms with Gasteiger partial charge in [-0.25, -0.2) is 4.79 Å². The van der Waals surface area contributed by atoms with Crippen molar-refractivity contribution in [2.24, 2.45) is 0 Å². The van der Waals surface area contributed by atoms with Crippen LogP contribution in [0.1, 0.15) is 34.0 Å². The summed E-state index contributed by atoms with van der Waals surface area (Å²) in [5.41, 5.74) is 4.00. The van der Waals surface area contributed by atoms with Gasteiger partial charge in [0.15, 0.2) is 6.73 Å². The van der Waals surface area contributed by atoms with E-state index in [0.29, 0.717) is 22.4 Å². The molecule has 0 saturated heterocycles. The topological polar surface area (TPSA) is 79.2 Å². The van der Waals surface area contributed by atoms with Crippen LogP contribution < -0.4 is 5.32 Å². The van der Waals surface area contributed by atoms with E-state index < -0.39 is 5.97 Å². The van der Waals surface area contributed by atoms with E-state index in [0.717, 1.165) is 21.6 Å². The van der Waals surface area contributed by atoms with Crippen LogP contribution in [-0.2, 0) is 16.0 Å². The number of carbonyl (C=O) groups excluding carboxylic acids is 2. The maximum Gasteiger partial charge on any atom is 0.350 e. The first-order valence-corrected chi connectivity index (χ1v) is 10.00. The number of nitriles is 1. The van der Waals surface area contributed by atoms with E-state index in [1.54, 1.807) is 0 Å². The fourth-order valence-electron chi connectivity index (χ4n) is 2.99. The predicted molar refractivity (Wildman–Crippen MR) is 113 cm³/mol. The molecule has 1 heterocycles. The number of carbonyl (C=O) groups is 2. The highest BCUT2D eigenvalue weighted by atomic mass is 32.1. The molecule has 146 valence electrons. The standard InChI is InChI=1S/C23H20N2O3S/c1-3-20-19(13-24)21(22(29-20)23(27)28-14-25-15(2)26)18-11-9-17(10-12-18)16-7-5-4-6-8-16/h4-12H,3,14H2,1-2H3,(H,25,26). The number of hydrogen-bond acceptors (Lipinski definition) is 5. The average molecular weight is 404 g/mol. The van der Waals surface area contributed by atoms with Gasteiger partial charge in [0.25, 0.3) is 0 Å². The Hall–Kier alpha value is -3.43. The molecule has 0 aliphatic rings. The van der Waals surface area contributed by atoms with Crippen LogP contribution in [-0.4, -0.2) is 18.6 Å². The van der Waals surface area contributed by atoms with Crippen molar-refractivity contribution in [1.82, 2.24) is 5.32 Å². The molecule has 0 unspecified atom stereocenters. The minimum atomic E-state index is -0.554. The lowest BCUT2D eigenvalue weighted by atomic mass is 9.97. The number of aryl methyl sites for hydroxylation is 1. The molecular formula is C23H20N2O3S. The number of hydrogen-bond donors (Lipinski definition) is 1. The molecule has 29 heavy (non-hydrogen) atoms. The molecule has 0 bridgehead atoms. The zero-order chi connectivity index (χ0) is 20.8. The lowest BCUT2D eigenvalue weighted by molar-refractivity contribution is -0.120. The molecule has 1 N–H and O–H groups in total. The second-order valence-corrected chi connectivity index (χ2v) is 7.43. The minimum Gasteiger partial charge on any atom is -0.440 e. The lowest BCUT2D eigenvalue weighted by Gasteiger charge is -2.08. The summed E-state index contributed by atoms with van der Waals surface area (Å²) in [4.78, 5) is 24.8. The van der Waals surface area contributed by atoms with Crippen LogP contribution in [0.25, 0.3) is 22.3 Å². The van der Waals surface area contributed by atoms with Crippen LogP contribution in [0.2, 0.25) is 0 Å². The minimum absolute atomic E-state index is 0.207. The summed E-state index contributed by atoms with van der Waals surface area (Å²) in [6, 6.07) is 20.0. The maximum absolute atomic E-state index is 12.6. The van der Waals surface area contributed by atoms with Crippen molar-refractivity contribution in [3.05, 3.63) is 69.9 Å². The van der Waals surface area contributed by atoms with Crippen LogP contribution in [0.3, 0.4) is 0 Å². The first kappa shape index (κ1) is 20.3. The Balaban J connectivity index is 1.99. The third-order valence-corrected chi connectivity index (χ3v) is 5.72. The van der Waals surface area contributed by atoms with Crippen molar-refractivity contribution in [2.45, 2.75) is 20.3 Å². The van der Waals surface area contributed by atoms with Gasteiger partial charge < -0.3 is 10.1 Å². The Kier molecular flexibility index (Phi) is 6.43.